The van der Waals surface area contributed by atoms with Crippen LogP contribution in [0, 0.1) is 5.82 Å². The predicted octanol–water partition coefficient (Wildman–Crippen LogP) is 1.24. The molecular formula is C13H16FN3O. The summed E-state index contributed by atoms with van der Waals surface area (Å²) in [5.74, 6) is 0.705. The number of morpholine rings is 1. The Morgan fingerprint density at radius 3 is 3.22 bits per heavy atom. The van der Waals surface area contributed by atoms with E-state index >= 15 is 0 Å². The molecule has 2 heterocycles. The number of ether oxygens (including phenoxy) is 1. The molecule has 1 fully saturated rings. The maximum Gasteiger partial charge on any atom is 0.125 e. The van der Waals surface area contributed by atoms with Crippen molar-refractivity contribution in [3.05, 3.63) is 29.8 Å². The molecule has 1 aliphatic rings. The van der Waals surface area contributed by atoms with Gasteiger partial charge >= 0.3 is 0 Å². The summed E-state index contributed by atoms with van der Waals surface area (Å²) in [6.07, 6.45) is 0.902. The van der Waals surface area contributed by atoms with Gasteiger partial charge in [-0.05, 0) is 18.2 Å². The number of rotatable bonds is 2. The fourth-order valence-corrected chi connectivity index (χ4v) is 2.35. The van der Waals surface area contributed by atoms with Gasteiger partial charge in [-0.3, -0.25) is 0 Å². The molecule has 0 amide bonds. The molecule has 1 aliphatic heterocycles. The molecule has 0 saturated carbocycles. The van der Waals surface area contributed by atoms with Gasteiger partial charge in [0, 0.05) is 26.6 Å². The highest BCUT2D eigenvalue weighted by Gasteiger charge is 2.17. The largest absolute Gasteiger partial charge is 0.375 e. The Morgan fingerprint density at radius 1 is 1.56 bits per heavy atom. The van der Waals surface area contributed by atoms with E-state index in [9.17, 15) is 4.39 Å². The SMILES string of the molecule is Cn1c(CC2CNCCO2)nc2ccc(F)cc21. The lowest BCUT2D eigenvalue weighted by atomic mass is 10.2. The number of hydrogen-bond donors (Lipinski definition) is 1. The summed E-state index contributed by atoms with van der Waals surface area (Å²) in [5.41, 5.74) is 1.66. The number of aromatic nitrogens is 2. The van der Waals surface area contributed by atoms with Gasteiger partial charge in [0.05, 0.1) is 23.7 Å². The number of fused-ring (bicyclic) bond motifs is 1. The molecular weight excluding hydrogens is 233 g/mol. The quantitative estimate of drug-likeness (QED) is 0.870. The summed E-state index contributed by atoms with van der Waals surface area (Å²) in [6.45, 7) is 2.49. The minimum Gasteiger partial charge on any atom is -0.375 e. The van der Waals surface area contributed by atoms with Crippen molar-refractivity contribution in [3.8, 4) is 0 Å². The van der Waals surface area contributed by atoms with Crippen LogP contribution in [-0.2, 0) is 18.2 Å². The van der Waals surface area contributed by atoms with Crippen LogP contribution in [0.15, 0.2) is 18.2 Å². The number of nitrogens with zero attached hydrogens (tertiary/aromatic N) is 2. The average molecular weight is 249 g/mol. The lowest BCUT2D eigenvalue weighted by molar-refractivity contribution is 0.0277. The van der Waals surface area contributed by atoms with Crippen LogP contribution in [0.1, 0.15) is 5.82 Å². The summed E-state index contributed by atoms with van der Waals surface area (Å²) in [4.78, 5) is 4.54. The zero-order valence-electron chi connectivity index (χ0n) is 10.3. The summed E-state index contributed by atoms with van der Waals surface area (Å²) in [7, 11) is 1.92. The second-order valence-corrected chi connectivity index (χ2v) is 4.62. The van der Waals surface area contributed by atoms with E-state index in [1.165, 1.54) is 12.1 Å². The van der Waals surface area contributed by atoms with Crippen molar-refractivity contribution < 1.29 is 9.13 Å². The van der Waals surface area contributed by atoms with Crippen molar-refractivity contribution >= 4 is 11.0 Å². The standard InChI is InChI=1S/C13H16FN3O/c1-17-12-6-9(14)2-3-11(12)16-13(17)7-10-8-15-4-5-18-10/h2-3,6,10,15H,4-5,7-8H2,1H3. The molecule has 1 aromatic carbocycles. The van der Waals surface area contributed by atoms with Crippen molar-refractivity contribution in [2.24, 2.45) is 7.05 Å². The van der Waals surface area contributed by atoms with E-state index in [-0.39, 0.29) is 11.9 Å². The summed E-state index contributed by atoms with van der Waals surface area (Å²) in [6, 6.07) is 4.68. The van der Waals surface area contributed by atoms with E-state index in [4.69, 9.17) is 4.74 Å². The van der Waals surface area contributed by atoms with Crippen LogP contribution in [0.3, 0.4) is 0 Å². The van der Waals surface area contributed by atoms with E-state index in [0.717, 1.165) is 43.0 Å². The van der Waals surface area contributed by atoms with Gasteiger partial charge in [-0.25, -0.2) is 9.37 Å². The summed E-state index contributed by atoms with van der Waals surface area (Å²) < 4.78 is 20.8. The second-order valence-electron chi connectivity index (χ2n) is 4.62. The van der Waals surface area contributed by atoms with Gasteiger partial charge in [0.15, 0.2) is 0 Å². The second kappa shape index (κ2) is 4.66. The molecule has 0 radical (unpaired) electrons. The van der Waals surface area contributed by atoms with Crippen LogP contribution in [0.25, 0.3) is 11.0 Å². The first kappa shape index (κ1) is 11.6. The Bertz CT molecular complexity index is 561. The number of benzene rings is 1. The van der Waals surface area contributed by atoms with Gasteiger partial charge < -0.3 is 14.6 Å². The monoisotopic (exact) mass is 249 g/mol. The van der Waals surface area contributed by atoms with Gasteiger partial charge in [0.2, 0.25) is 0 Å². The molecule has 1 unspecified atom stereocenters. The molecule has 1 saturated heterocycles. The third-order valence-electron chi connectivity index (χ3n) is 3.35. The zero-order chi connectivity index (χ0) is 12.5. The molecule has 0 aliphatic carbocycles. The highest BCUT2D eigenvalue weighted by molar-refractivity contribution is 5.75. The van der Waals surface area contributed by atoms with E-state index in [2.05, 4.69) is 10.3 Å². The van der Waals surface area contributed by atoms with Crippen molar-refractivity contribution in [2.75, 3.05) is 19.7 Å². The molecule has 3 rings (SSSR count). The van der Waals surface area contributed by atoms with Gasteiger partial charge in [0.1, 0.15) is 11.6 Å². The van der Waals surface area contributed by atoms with Crippen LogP contribution in [-0.4, -0.2) is 35.4 Å². The number of aryl methyl sites for hydroxylation is 1. The number of halogens is 1. The van der Waals surface area contributed by atoms with Crippen LogP contribution >= 0.6 is 0 Å². The van der Waals surface area contributed by atoms with Crippen molar-refractivity contribution in [1.29, 1.82) is 0 Å². The Labute approximate surface area is 105 Å². The fourth-order valence-electron chi connectivity index (χ4n) is 2.35. The van der Waals surface area contributed by atoms with Crippen molar-refractivity contribution in [2.45, 2.75) is 12.5 Å². The lowest BCUT2D eigenvalue weighted by Crippen LogP contribution is -2.40. The van der Waals surface area contributed by atoms with Crippen molar-refractivity contribution in [3.63, 3.8) is 0 Å². The summed E-state index contributed by atoms with van der Waals surface area (Å²) in [5, 5.41) is 3.30. The van der Waals surface area contributed by atoms with Gasteiger partial charge in [0.25, 0.3) is 0 Å². The average Bonchev–Trinajstić information content (AvgIpc) is 2.68. The van der Waals surface area contributed by atoms with E-state index in [1.54, 1.807) is 6.07 Å². The molecule has 0 spiro atoms. The maximum atomic E-state index is 13.2. The first-order chi connectivity index (χ1) is 8.74. The minimum absolute atomic E-state index is 0.152. The number of hydrogen-bond acceptors (Lipinski definition) is 3. The highest BCUT2D eigenvalue weighted by Crippen LogP contribution is 2.17. The van der Waals surface area contributed by atoms with Crippen LogP contribution in [0.2, 0.25) is 0 Å². The van der Waals surface area contributed by atoms with Crippen LogP contribution < -0.4 is 5.32 Å². The van der Waals surface area contributed by atoms with Gasteiger partial charge in [-0.15, -0.1) is 0 Å². The smallest absolute Gasteiger partial charge is 0.125 e. The fraction of sp³-hybridized carbons (Fsp3) is 0.462. The molecule has 2 aromatic rings. The predicted molar refractivity (Wildman–Crippen MR) is 67.0 cm³/mol. The maximum absolute atomic E-state index is 13.2. The Morgan fingerprint density at radius 2 is 2.44 bits per heavy atom. The minimum atomic E-state index is -0.229. The van der Waals surface area contributed by atoms with E-state index in [1.807, 2.05) is 11.6 Å². The highest BCUT2D eigenvalue weighted by atomic mass is 19.1. The molecule has 96 valence electrons. The Hall–Kier alpha value is -1.46. The first-order valence-electron chi connectivity index (χ1n) is 6.17. The number of imidazole rings is 1. The Balaban J connectivity index is 1.89. The topological polar surface area (TPSA) is 39.1 Å². The molecule has 1 atom stereocenters. The Kier molecular flexibility index (Phi) is 3.01. The molecule has 0 bridgehead atoms. The zero-order valence-corrected chi connectivity index (χ0v) is 10.3. The molecule has 5 heteroatoms. The molecule has 4 nitrogen and oxygen atoms in total. The van der Waals surface area contributed by atoms with Crippen molar-refractivity contribution in [1.82, 2.24) is 14.9 Å². The molecule has 1 aromatic heterocycles. The summed E-state index contributed by atoms with van der Waals surface area (Å²) >= 11 is 0. The van der Waals surface area contributed by atoms with E-state index in [0.29, 0.717) is 0 Å². The lowest BCUT2D eigenvalue weighted by Gasteiger charge is -2.23. The normalized spacial score (nSPS) is 20.4. The first-order valence-corrected chi connectivity index (χ1v) is 6.17. The van der Waals surface area contributed by atoms with E-state index < -0.39 is 0 Å². The molecule has 18 heavy (non-hydrogen) atoms. The van der Waals surface area contributed by atoms with Gasteiger partial charge in [-0.2, -0.15) is 0 Å². The van der Waals surface area contributed by atoms with Crippen LogP contribution in [0.4, 0.5) is 4.39 Å². The molecule has 1 N–H and O–H groups in total. The van der Waals surface area contributed by atoms with Crippen LogP contribution in [0.5, 0.6) is 0 Å². The number of nitrogens with one attached hydrogen (secondary N) is 1. The third-order valence-corrected chi connectivity index (χ3v) is 3.35. The van der Waals surface area contributed by atoms with Gasteiger partial charge in [-0.1, -0.05) is 0 Å². The third kappa shape index (κ3) is 2.11.